The van der Waals surface area contributed by atoms with E-state index in [-0.39, 0.29) is 0 Å². The molecule has 2 aliphatic heterocycles. The van der Waals surface area contributed by atoms with Crippen LogP contribution in [-0.2, 0) is 0 Å². The van der Waals surface area contributed by atoms with Gasteiger partial charge in [-0.3, -0.25) is 0 Å². The van der Waals surface area contributed by atoms with Crippen LogP contribution in [0.25, 0.3) is 0 Å². The van der Waals surface area contributed by atoms with Crippen LogP contribution in [0.5, 0.6) is 0 Å². The lowest BCUT2D eigenvalue weighted by Crippen LogP contribution is -2.23. The number of hydrogen-bond acceptors (Lipinski definition) is 6. The number of halogens is 2. The lowest BCUT2D eigenvalue weighted by Gasteiger charge is -2.31. The third-order valence-corrected chi connectivity index (χ3v) is 8.78. The number of anilines is 4. The van der Waals surface area contributed by atoms with Gasteiger partial charge < -0.3 is 9.80 Å². The molecule has 0 saturated heterocycles. The number of benzene rings is 2. The van der Waals surface area contributed by atoms with E-state index in [0.717, 1.165) is 33.7 Å². The van der Waals surface area contributed by atoms with Gasteiger partial charge in [0.1, 0.15) is 11.6 Å². The van der Waals surface area contributed by atoms with Gasteiger partial charge in [-0.2, -0.15) is 0 Å². The Hall–Kier alpha value is -2.26. The quantitative estimate of drug-likeness (QED) is 0.216. The Morgan fingerprint density at radius 1 is 0.647 bits per heavy atom. The third kappa shape index (κ3) is 4.17. The summed E-state index contributed by atoms with van der Waals surface area (Å²) in [6.45, 7) is 1.48. The highest BCUT2D eigenvalue weighted by Crippen LogP contribution is 2.49. The molecule has 2 aliphatic rings. The smallest absolute Gasteiger partial charge is 0.147 e. The molecule has 4 aromatic rings. The molecule has 0 spiro atoms. The van der Waals surface area contributed by atoms with Gasteiger partial charge in [-0.1, -0.05) is 67.5 Å². The highest BCUT2D eigenvalue weighted by Gasteiger charge is 2.25. The van der Waals surface area contributed by atoms with Gasteiger partial charge in [0.05, 0.1) is 21.2 Å². The molecule has 4 heterocycles. The molecule has 0 saturated carbocycles. The van der Waals surface area contributed by atoms with Crippen molar-refractivity contribution in [2.75, 3.05) is 22.9 Å². The molecule has 0 radical (unpaired) electrons. The van der Waals surface area contributed by atoms with Crippen molar-refractivity contribution < 1.29 is 0 Å². The highest BCUT2D eigenvalue weighted by molar-refractivity contribution is 9.10. The summed E-state index contributed by atoms with van der Waals surface area (Å²) >= 11 is 10.8. The van der Waals surface area contributed by atoms with Crippen molar-refractivity contribution in [3.8, 4) is 0 Å². The first-order chi connectivity index (χ1) is 16.7. The van der Waals surface area contributed by atoms with Crippen LogP contribution in [-0.4, -0.2) is 23.1 Å². The first-order valence-electron chi connectivity index (χ1n) is 10.7. The van der Waals surface area contributed by atoms with E-state index >= 15 is 0 Å². The summed E-state index contributed by atoms with van der Waals surface area (Å²) in [5, 5.41) is 0. The number of aromatic nitrogens is 2. The van der Waals surface area contributed by atoms with E-state index in [2.05, 4.69) is 102 Å². The molecule has 0 unspecified atom stereocenters. The van der Waals surface area contributed by atoms with Crippen molar-refractivity contribution in [2.45, 2.75) is 19.6 Å². The van der Waals surface area contributed by atoms with Gasteiger partial charge in [0.25, 0.3) is 0 Å². The number of fused-ring (bicyclic) bond motifs is 4. The molecule has 168 valence electrons. The highest BCUT2D eigenvalue weighted by atomic mass is 79.9. The van der Waals surface area contributed by atoms with Crippen LogP contribution < -0.4 is 9.80 Å². The number of nitrogens with zero attached hydrogens (tertiary/aromatic N) is 4. The second kappa shape index (κ2) is 9.41. The zero-order valence-corrected chi connectivity index (χ0v) is 22.7. The van der Waals surface area contributed by atoms with Gasteiger partial charge in [-0.15, -0.1) is 0 Å². The molecule has 8 heteroatoms. The Kier molecular flexibility index (Phi) is 6.15. The molecule has 0 amide bonds. The first-order valence-corrected chi connectivity index (χ1v) is 13.9. The van der Waals surface area contributed by atoms with Gasteiger partial charge in [0, 0.05) is 44.2 Å². The molecule has 34 heavy (non-hydrogen) atoms. The molecule has 0 aliphatic carbocycles. The Labute approximate surface area is 223 Å². The molecule has 0 atom stereocenters. The summed E-state index contributed by atoms with van der Waals surface area (Å²) in [4.78, 5) is 18.8. The number of pyridine rings is 2. The predicted molar refractivity (Wildman–Crippen MR) is 148 cm³/mol. The molecule has 6 rings (SSSR count). The lowest BCUT2D eigenvalue weighted by molar-refractivity contribution is 0.964. The van der Waals surface area contributed by atoms with Crippen molar-refractivity contribution in [1.29, 1.82) is 0 Å². The summed E-state index contributed by atoms with van der Waals surface area (Å²) in [5.41, 5.74) is 2.36. The first kappa shape index (κ1) is 22.2. The van der Waals surface area contributed by atoms with Crippen LogP contribution >= 0.6 is 55.4 Å². The van der Waals surface area contributed by atoms with E-state index in [1.165, 1.54) is 31.0 Å². The molecule has 0 bridgehead atoms. The van der Waals surface area contributed by atoms with E-state index in [1.807, 2.05) is 24.5 Å². The summed E-state index contributed by atoms with van der Waals surface area (Å²) in [6, 6.07) is 21.1. The van der Waals surface area contributed by atoms with Crippen LogP contribution in [0, 0.1) is 0 Å². The standard InChI is InChI=1S/C26H18Br2N4S2/c27-17-7-9-19-23(15-17)33-21-5-3-11-29-25(21)31(19)13-1-2-14-32-20-10-8-18(28)16-24(20)34-22-6-4-12-30-26(22)32/h1-12,15-16H,13-14H2/b2-1+. The van der Waals surface area contributed by atoms with E-state index in [1.54, 1.807) is 23.5 Å². The zero-order valence-electron chi connectivity index (χ0n) is 17.9. The second-order valence-corrected chi connectivity index (χ2v) is 11.8. The van der Waals surface area contributed by atoms with Crippen LogP contribution in [0.2, 0.25) is 0 Å². The van der Waals surface area contributed by atoms with E-state index in [0.29, 0.717) is 0 Å². The topological polar surface area (TPSA) is 32.3 Å². The normalized spacial score (nSPS) is 13.9. The van der Waals surface area contributed by atoms with Crippen molar-refractivity contribution in [1.82, 2.24) is 9.97 Å². The molecule has 0 fully saturated rings. The molecule has 0 N–H and O–H groups in total. The van der Waals surface area contributed by atoms with Gasteiger partial charge in [-0.25, -0.2) is 9.97 Å². The van der Waals surface area contributed by atoms with Crippen molar-refractivity contribution in [3.05, 3.63) is 94.2 Å². The summed E-state index contributed by atoms with van der Waals surface area (Å²) in [5.74, 6) is 2.01. The van der Waals surface area contributed by atoms with Crippen LogP contribution in [0.15, 0.2) is 114 Å². The Balaban J connectivity index is 1.28. The third-order valence-electron chi connectivity index (χ3n) is 5.62. The number of hydrogen-bond donors (Lipinski definition) is 0. The monoisotopic (exact) mass is 608 g/mol. The van der Waals surface area contributed by atoms with Crippen LogP contribution in [0.1, 0.15) is 0 Å². The second-order valence-electron chi connectivity index (χ2n) is 7.77. The van der Waals surface area contributed by atoms with Crippen LogP contribution in [0.4, 0.5) is 23.0 Å². The average molecular weight is 610 g/mol. The minimum atomic E-state index is 0.740. The molecular formula is C26H18Br2N4S2. The minimum Gasteiger partial charge on any atom is -0.321 e. The van der Waals surface area contributed by atoms with E-state index < -0.39 is 0 Å². The molecule has 2 aromatic carbocycles. The fraction of sp³-hybridized carbons (Fsp3) is 0.0769. The van der Waals surface area contributed by atoms with E-state index in [9.17, 15) is 0 Å². The molecule has 4 nitrogen and oxygen atoms in total. The maximum atomic E-state index is 4.69. The zero-order chi connectivity index (χ0) is 23.1. The van der Waals surface area contributed by atoms with Gasteiger partial charge >= 0.3 is 0 Å². The van der Waals surface area contributed by atoms with Gasteiger partial charge in [0.15, 0.2) is 0 Å². The van der Waals surface area contributed by atoms with Gasteiger partial charge in [0.2, 0.25) is 0 Å². The van der Waals surface area contributed by atoms with Gasteiger partial charge in [-0.05, 0) is 60.7 Å². The Bertz CT molecular complexity index is 1320. The molecular weight excluding hydrogens is 592 g/mol. The fourth-order valence-corrected chi connectivity index (χ4v) is 7.35. The SMILES string of the molecule is Brc1ccc2c(c1)Sc1cccnc1N2C/C=C/CN1c2ccc(Br)cc2Sc2cccnc21. The summed E-state index contributed by atoms with van der Waals surface area (Å²) in [7, 11) is 0. The van der Waals surface area contributed by atoms with E-state index in [4.69, 9.17) is 9.97 Å². The Morgan fingerprint density at radius 3 is 1.59 bits per heavy atom. The largest absolute Gasteiger partial charge is 0.321 e. The Morgan fingerprint density at radius 2 is 1.12 bits per heavy atom. The summed E-state index contributed by atoms with van der Waals surface area (Å²) < 4.78 is 2.17. The van der Waals surface area contributed by atoms with Crippen molar-refractivity contribution in [2.24, 2.45) is 0 Å². The maximum Gasteiger partial charge on any atom is 0.147 e. The summed E-state index contributed by atoms with van der Waals surface area (Å²) in [6.07, 6.45) is 8.18. The molecule has 2 aromatic heterocycles. The predicted octanol–water partition coefficient (Wildman–Crippen LogP) is 8.46. The van der Waals surface area contributed by atoms with Crippen molar-refractivity contribution in [3.63, 3.8) is 0 Å². The lowest BCUT2D eigenvalue weighted by atomic mass is 10.2. The number of rotatable bonds is 4. The van der Waals surface area contributed by atoms with Crippen molar-refractivity contribution >= 4 is 78.4 Å². The fourth-order valence-electron chi connectivity index (χ4n) is 4.11. The minimum absolute atomic E-state index is 0.740. The maximum absolute atomic E-state index is 4.69. The average Bonchev–Trinajstić information content (AvgIpc) is 2.85. The van der Waals surface area contributed by atoms with Crippen LogP contribution in [0.3, 0.4) is 0 Å².